The molecule has 6 rings (SSSR count). The first-order valence-corrected chi connectivity index (χ1v) is 12.4. The number of hydrogen-bond donors (Lipinski definition) is 2. The number of aryl methyl sites for hydroxylation is 1. The van der Waals surface area contributed by atoms with Crippen molar-refractivity contribution in [2.24, 2.45) is 0 Å². The number of hydrogen-bond acceptors (Lipinski definition) is 10. The molecule has 11 nitrogen and oxygen atoms in total. The number of pyridine rings is 2. The number of anilines is 3. The summed E-state index contributed by atoms with van der Waals surface area (Å²) in [5.74, 6) is 0.398. The largest absolute Gasteiger partial charge is 0.472 e. The first kappa shape index (κ1) is 22.6. The van der Waals surface area contributed by atoms with E-state index in [1.807, 2.05) is 19.1 Å². The number of ether oxygens (including phenoxy) is 2. The molecule has 0 saturated carbocycles. The Morgan fingerprint density at radius 2 is 1.94 bits per heavy atom. The van der Waals surface area contributed by atoms with Gasteiger partial charge in [-0.2, -0.15) is 4.98 Å². The summed E-state index contributed by atoms with van der Waals surface area (Å²) in [4.78, 5) is 31.1. The molecular formula is C25H29N7O4. The molecule has 1 unspecified atom stereocenters. The van der Waals surface area contributed by atoms with Crippen LogP contribution in [0.15, 0.2) is 40.9 Å². The van der Waals surface area contributed by atoms with Crippen LogP contribution in [0, 0.1) is 6.92 Å². The summed E-state index contributed by atoms with van der Waals surface area (Å²) in [5, 5.41) is 6.19. The van der Waals surface area contributed by atoms with Gasteiger partial charge in [0.05, 0.1) is 18.9 Å². The van der Waals surface area contributed by atoms with Crippen LogP contribution in [0.1, 0.15) is 36.6 Å². The van der Waals surface area contributed by atoms with Gasteiger partial charge in [-0.05, 0) is 37.8 Å². The van der Waals surface area contributed by atoms with Gasteiger partial charge in [0.25, 0.3) is 11.9 Å². The Kier molecular flexibility index (Phi) is 6.06. The van der Waals surface area contributed by atoms with Gasteiger partial charge in [0, 0.05) is 50.2 Å². The van der Waals surface area contributed by atoms with Crippen LogP contribution in [0.5, 0.6) is 0 Å². The van der Waals surface area contributed by atoms with E-state index >= 15 is 0 Å². The number of nitrogens with one attached hydrogen (secondary N) is 2. The molecule has 3 aromatic heterocycles. The summed E-state index contributed by atoms with van der Waals surface area (Å²) in [7, 11) is 0. The van der Waals surface area contributed by atoms with Crippen LogP contribution >= 0.6 is 0 Å². The van der Waals surface area contributed by atoms with Gasteiger partial charge in [-0.15, -0.1) is 0 Å². The van der Waals surface area contributed by atoms with Crippen molar-refractivity contribution in [3.8, 4) is 0 Å². The monoisotopic (exact) mass is 491 g/mol. The Morgan fingerprint density at radius 1 is 1.11 bits per heavy atom. The van der Waals surface area contributed by atoms with Crippen LogP contribution in [-0.2, 0) is 14.3 Å². The first-order valence-electron chi connectivity index (χ1n) is 12.4. The number of morpholine rings is 1. The number of nitrogens with zero attached hydrogens (tertiary/aromatic N) is 5. The van der Waals surface area contributed by atoms with Gasteiger partial charge in [0.2, 0.25) is 5.65 Å². The van der Waals surface area contributed by atoms with Crippen molar-refractivity contribution in [1.82, 2.24) is 20.3 Å². The number of piperidine rings is 1. The molecule has 2 fully saturated rings. The van der Waals surface area contributed by atoms with Crippen molar-refractivity contribution in [1.29, 1.82) is 0 Å². The van der Waals surface area contributed by atoms with E-state index in [0.29, 0.717) is 60.8 Å². The third kappa shape index (κ3) is 4.41. The number of amides is 1. The van der Waals surface area contributed by atoms with Crippen LogP contribution in [0.25, 0.3) is 11.2 Å². The van der Waals surface area contributed by atoms with Crippen LogP contribution in [-0.4, -0.2) is 60.3 Å². The summed E-state index contributed by atoms with van der Waals surface area (Å²) >= 11 is 0. The molecule has 0 bridgehead atoms. The molecule has 36 heavy (non-hydrogen) atoms. The van der Waals surface area contributed by atoms with Crippen LogP contribution in [0.4, 0.5) is 17.5 Å². The minimum atomic E-state index is -0.443. The Morgan fingerprint density at radius 3 is 2.75 bits per heavy atom. The fraction of sp³-hybridized carbons (Fsp3) is 0.440. The van der Waals surface area contributed by atoms with Gasteiger partial charge in [0.15, 0.2) is 17.6 Å². The highest BCUT2D eigenvalue weighted by molar-refractivity contribution is 6.05. The summed E-state index contributed by atoms with van der Waals surface area (Å²) in [6.45, 7) is 6.42. The molecule has 2 N–H and O–H groups in total. The molecule has 0 spiro atoms. The SMILES string of the molecule is Cc1cnccc1C1NC(C(=O)Nc2cc3oc(N4CCOCC4)nc3nc2N2CCCCC2)=CO1. The molecule has 0 aromatic carbocycles. The predicted molar refractivity (Wildman–Crippen MR) is 134 cm³/mol. The molecule has 188 valence electrons. The molecule has 3 aliphatic rings. The maximum atomic E-state index is 13.3. The van der Waals surface area contributed by atoms with Crippen molar-refractivity contribution in [3.63, 3.8) is 0 Å². The van der Waals surface area contributed by atoms with E-state index in [1.54, 1.807) is 12.4 Å². The van der Waals surface area contributed by atoms with Crippen molar-refractivity contribution in [3.05, 3.63) is 47.6 Å². The molecular weight excluding hydrogens is 462 g/mol. The number of aromatic nitrogens is 3. The molecule has 3 aromatic rings. The summed E-state index contributed by atoms with van der Waals surface area (Å²) in [6.07, 6.45) is 7.84. The lowest BCUT2D eigenvalue weighted by Crippen LogP contribution is -2.36. The molecule has 11 heteroatoms. The highest BCUT2D eigenvalue weighted by atomic mass is 16.5. The molecule has 0 aliphatic carbocycles. The van der Waals surface area contributed by atoms with E-state index in [2.05, 4.69) is 30.4 Å². The van der Waals surface area contributed by atoms with E-state index in [0.717, 1.165) is 37.1 Å². The maximum absolute atomic E-state index is 13.3. The van der Waals surface area contributed by atoms with Gasteiger partial charge in [0.1, 0.15) is 12.0 Å². The third-order valence-corrected chi connectivity index (χ3v) is 6.74. The third-order valence-electron chi connectivity index (χ3n) is 6.74. The highest BCUT2D eigenvalue weighted by Crippen LogP contribution is 2.33. The van der Waals surface area contributed by atoms with E-state index in [1.165, 1.54) is 12.7 Å². The van der Waals surface area contributed by atoms with Gasteiger partial charge in [-0.3, -0.25) is 9.78 Å². The zero-order valence-electron chi connectivity index (χ0n) is 20.2. The van der Waals surface area contributed by atoms with E-state index in [4.69, 9.17) is 18.9 Å². The summed E-state index contributed by atoms with van der Waals surface area (Å²) in [6, 6.07) is 4.23. The second-order valence-electron chi connectivity index (χ2n) is 9.20. The molecule has 6 heterocycles. The average Bonchev–Trinajstić information content (AvgIpc) is 3.57. The van der Waals surface area contributed by atoms with Gasteiger partial charge >= 0.3 is 0 Å². The minimum Gasteiger partial charge on any atom is -0.472 e. The fourth-order valence-electron chi connectivity index (χ4n) is 4.75. The second-order valence-corrected chi connectivity index (χ2v) is 9.20. The van der Waals surface area contributed by atoms with E-state index in [-0.39, 0.29) is 5.91 Å². The topological polar surface area (TPSA) is 118 Å². The quantitative estimate of drug-likeness (QED) is 0.552. The number of carbonyl (C=O) groups excluding carboxylic acids is 1. The smallest absolute Gasteiger partial charge is 0.300 e. The summed E-state index contributed by atoms with van der Waals surface area (Å²) < 4.78 is 17.2. The van der Waals surface area contributed by atoms with Crippen molar-refractivity contribution >= 4 is 34.7 Å². The Balaban J connectivity index is 1.26. The Bertz CT molecular complexity index is 1290. The second kappa shape index (κ2) is 9.65. The standard InChI is InChI=1S/C25H29N7O4/c1-16-14-26-6-5-17(16)24-28-19(15-35-24)23(33)27-18-13-20-21(29-22(18)31-7-3-2-4-8-31)30-25(36-20)32-9-11-34-12-10-32/h5-6,13-15,24,28H,2-4,7-12H2,1H3,(H,27,33). The Labute approximate surface area is 208 Å². The van der Waals surface area contributed by atoms with Crippen molar-refractivity contribution in [2.75, 3.05) is 54.5 Å². The van der Waals surface area contributed by atoms with Crippen LogP contribution < -0.4 is 20.4 Å². The van der Waals surface area contributed by atoms with E-state index < -0.39 is 6.23 Å². The zero-order valence-corrected chi connectivity index (χ0v) is 20.2. The molecule has 1 atom stereocenters. The lowest BCUT2D eigenvalue weighted by molar-refractivity contribution is -0.113. The number of oxazole rings is 1. The number of fused-ring (bicyclic) bond motifs is 1. The van der Waals surface area contributed by atoms with Crippen molar-refractivity contribution < 1.29 is 18.7 Å². The van der Waals surface area contributed by atoms with Crippen LogP contribution in [0.3, 0.4) is 0 Å². The molecule has 0 radical (unpaired) electrons. The minimum absolute atomic E-state index is 0.309. The fourth-order valence-corrected chi connectivity index (χ4v) is 4.75. The first-order chi connectivity index (χ1) is 17.7. The molecule has 1 amide bonds. The maximum Gasteiger partial charge on any atom is 0.300 e. The van der Waals surface area contributed by atoms with E-state index in [9.17, 15) is 4.79 Å². The normalized spacial score (nSPS) is 20.1. The molecule has 3 aliphatic heterocycles. The average molecular weight is 492 g/mol. The lowest BCUT2D eigenvalue weighted by atomic mass is 10.1. The Hall–Kier alpha value is -3.86. The summed E-state index contributed by atoms with van der Waals surface area (Å²) in [5.41, 5.74) is 3.90. The van der Waals surface area contributed by atoms with Gasteiger partial charge < -0.3 is 34.3 Å². The lowest BCUT2D eigenvalue weighted by Gasteiger charge is -2.29. The predicted octanol–water partition coefficient (Wildman–Crippen LogP) is 2.85. The van der Waals surface area contributed by atoms with Gasteiger partial charge in [-0.1, -0.05) is 0 Å². The zero-order chi connectivity index (χ0) is 24.5. The highest BCUT2D eigenvalue weighted by Gasteiger charge is 2.27. The number of rotatable bonds is 5. The van der Waals surface area contributed by atoms with Crippen LogP contribution in [0.2, 0.25) is 0 Å². The van der Waals surface area contributed by atoms with Crippen molar-refractivity contribution in [2.45, 2.75) is 32.4 Å². The van der Waals surface area contributed by atoms with Gasteiger partial charge in [-0.25, -0.2) is 4.98 Å². The molecule has 2 saturated heterocycles. The number of carbonyl (C=O) groups is 1.